The highest BCUT2D eigenvalue weighted by Crippen LogP contribution is 2.22. The summed E-state index contributed by atoms with van der Waals surface area (Å²) in [5.74, 6) is -0.918. The Morgan fingerprint density at radius 3 is 2.79 bits per heavy atom. The molecule has 0 amide bonds. The number of carboxylic acid groups (broad SMARTS) is 1. The minimum atomic E-state index is -3.13. The maximum atomic E-state index is 11.1. The second-order valence-corrected chi connectivity index (χ2v) is 6.33. The van der Waals surface area contributed by atoms with Gasteiger partial charge in [0.15, 0.2) is 5.76 Å². The van der Waals surface area contributed by atoms with Gasteiger partial charge in [0.1, 0.15) is 21.1 Å². The summed E-state index contributed by atoms with van der Waals surface area (Å²) < 4.78 is 28.6. The number of carboxylic acids is 1. The molecule has 0 aromatic carbocycles. The van der Waals surface area contributed by atoms with Crippen molar-refractivity contribution in [3.8, 4) is 11.5 Å². The van der Waals surface area contributed by atoms with Gasteiger partial charge in [0.05, 0.1) is 18.6 Å². The molecule has 0 unspecified atom stereocenters. The van der Waals surface area contributed by atoms with E-state index in [9.17, 15) is 13.2 Å². The fraction of sp³-hybridized carbons (Fsp3) is 0.273. The number of furan rings is 1. The van der Waals surface area contributed by atoms with Crippen LogP contribution in [0.3, 0.4) is 0 Å². The van der Waals surface area contributed by atoms with E-state index in [1.165, 1.54) is 17.1 Å². The molecule has 0 radical (unpaired) electrons. The lowest BCUT2D eigenvalue weighted by Gasteiger charge is -1.98. The smallest absolute Gasteiger partial charge is 0.339 e. The fourth-order valence-electron chi connectivity index (χ4n) is 1.55. The Morgan fingerprint density at radius 1 is 1.53 bits per heavy atom. The molecule has 0 aliphatic heterocycles. The van der Waals surface area contributed by atoms with Crippen molar-refractivity contribution in [1.82, 2.24) is 9.78 Å². The lowest BCUT2D eigenvalue weighted by molar-refractivity contribution is 0.0697. The minimum absolute atomic E-state index is 0.0246. The third-order valence-corrected chi connectivity index (χ3v) is 3.36. The molecule has 0 bridgehead atoms. The zero-order valence-corrected chi connectivity index (χ0v) is 10.9. The third kappa shape index (κ3) is 3.22. The van der Waals surface area contributed by atoms with Crippen molar-refractivity contribution in [1.29, 1.82) is 0 Å². The Balaban J connectivity index is 2.33. The van der Waals surface area contributed by atoms with Gasteiger partial charge in [0.2, 0.25) is 0 Å². The highest BCUT2D eigenvalue weighted by molar-refractivity contribution is 7.90. The molecule has 0 atom stereocenters. The molecule has 8 heteroatoms. The summed E-state index contributed by atoms with van der Waals surface area (Å²) in [5, 5.41) is 13.1. The third-order valence-electron chi connectivity index (χ3n) is 2.44. The van der Waals surface area contributed by atoms with Crippen LogP contribution in [0.4, 0.5) is 0 Å². The number of hydrogen-bond donors (Lipinski definition) is 1. The summed E-state index contributed by atoms with van der Waals surface area (Å²) in [6.07, 6.45) is 3.82. The van der Waals surface area contributed by atoms with Gasteiger partial charge in [-0.25, -0.2) is 13.2 Å². The van der Waals surface area contributed by atoms with Gasteiger partial charge in [-0.05, 0) is 12.1 Å². The van der Waals surface area contributed by atoms with E-state index < -0.39 is 15.8 Å². The van der Waals surface area contributed by atoms with E-state index >= 15 is 0 Å². The monoisotopic (exact) mass is 284 g/mol. The molecule has 102 valence electrons. The molecule has 0 aliphatic carbocycles. The number of rotatable bonds is 5. The number of nitrogens with zero attached hydrogens (tertiary/aromatic N) is 2. The van der Waals surface area contributed by atoms with Gasteiger partial charge in [-0.15, -0.1) is 0 Å². The molecule has 2 rings (SSSR count). The molecule has 19 heavy (non-hydrogen) atoms. The standard InChI is InChI=1S/C11H12N2O5S/c1-19(16,17)6-4-13-7-8(11(14)15)10(12-13)9-3-2-5-18-9/h2-3,5,7H,4,6H2,1H3,(H,14,15). The largest absolute Gasteiger partial charge is 0.478 e. The minimum Gasteiger partial charge on any atom is -0.478 e. The van der Waals surface area contributed by atoms with Gasteiger partial charge in [-0.3, -0.25) is 4.68 Å². The molecular weight excluding hydrogens is 272 g/mol. The van der Waals surface area contributed by atoms with Crippen molar-refractivity contribution in [3.63, 3.8) is 0 Å². The lowest BCUT2D eigenvalue weighted by atomic mass is 10.2. The first-order chi connectivity index (χ1) is 8.87. The van der Waals surface area contributed by atoms with E-state index in [2.05, 4.69) is 5.10 Å². The lowest BCUT2D eigenvalue weighted by Crippen LogP contribution is -2.11. The van der Waals surface area contributed by atoms with Crippen molar-refractivity contribution in [2.45, 2.75) is 6.54 Å². The zero-order valence-electron chi connectivity index (χ0n) is 10.1. The number of sulfone groups is 1. The topological polar surface area (TPSA) is 102 Å². The van der Waals surface area contributed by atoms with Crippen LogP contribution >= 0.6 is 0 Å². The van der Waals surface area contributed by atoms with Crippen molar-refractivity contribution in [2.24, 2.45) is 0 Å². The molecule has 7 nitrogen and oxygen atoms in total. The van der Waals surface area contributed by atoms with Crippen LogP contribution in [-0.4, -0.2) is 41.3 Å². The van der Waals surface area contributed by atoms with Gasteiger partial charge in [0, 0.05) is 12.5 Å². The molecule has 2 heterocycles. The SMILES string of the molecule is CS(=O)(=O)CCn1cc(C(=O)O)c(-c2ccco2)n1. The summed E-state index contributed by atoms with van der Waals surface area (Å²) in [6, 6.07) is 3.21. The van der Waals surface area contributed by atoms with Crippen molar-refractivity contribution in [3.05, 3.63) is 30.2 Å². The maximum absolute atomic E-state index is 11.1. The van der Waals surface area contributed by atoms with Gasteiger partial charge >= 0.3 is 5.97 Å². The Bertz CT molecular complexity index is 685. The van der Waals surface area contributed by atoms with Gasteiger partial charge < -0.3 is 9.52 Å². The Morgan fingerprint density at radius 2 is 2.26 bits per heavy atom. The normalized spacial score (nSPS) is 11.6. The summed E-state index contributed by atoms with van der Waals surface area (Å²) >= 11 is 0. The quantitative estimate of drug-likeness (QED) is 0.874. The Labute approximate surface area is 109 Å². The molecule has 0 saturated heterocycles. The maximum Gasteiger partial charge on any atom is 0.339 e. The van der Waals surface area contributed by atoms with E-state index in [0.717, 1.165) is 6.26 Å². The van der Waals surface area contributed by atoms with E-state index in [1.807, 2.05) is 0 Å². The van der Waals surface area contributed by atoms with E-state index in [1.54, 1.807) is 12.1 Å². The van der Waals surface area contributed by atoms with Crippen molar-refractivity contribution < 1.29 is 22.7 Å². The summed E-state index contributed by atoms with van der Waals surface area (Å²) in [7, 11) is -3.13. The second kappa shape index (κ2) is 4.88. The van der Waals surface area contributed by atoms with Gasteiger partial charge in [-0.1, -0.05) is 0 Å². The van der Waals surface area contributed by atoms with Crippen LogP contribution in [0.5, 0.6) is 0 Å². The number of aryl methyl sites for hydroxylation is 1. The molecular formula is C11H12N2O5S. The average Bonchev–Trinajstić information content (AvgIpc) is 2.94. The van der Waals surface area contributed by atoms with E-state index in [4.69, 9.17) is 9.52 Å². The first-order valence-corrected chi connectivity index (χ1v) is 7.45. The first kappa shape index (κ1) is 13.3. The summed E-state index contributed by atoms with van der Waals surface area (Å²) in [5.41, 5.74) is 0.162. The Hall–Kier alpha value is -2.09. The van der Waals surface area contributed by atoms with Crippen LogP contribution < -0.4 is 0 Å². The Kier molecular flexibility index (Phi) is 3.43. The van der Waals surface area contributed by atoms with Crippen LogP contribution in [-0.2, 0) is 16.4 Å². The van der Waals surface area contributed by atoms with E-state index in [0.29, 0.717) is 5.76 Å². The first-order valence-electron chi connectivity index (χ1n) is 5.39. The van der Waals surface area contributed by atoms with Crippen LogP contribution in [0.1, 0.15) is 10.4 Å². The van der Waals surface area contributed by atoms with Crippen molar-refractivity contribution in [2.75, 3.05) is 12.0 Å². The predicted octanol–water partition coefficient (Wildman–Crippen LogP) is 0.886. The number of aromatic nitrogens is 2. The molecule has 0 spiro atoms. The van der Waals surface area contributed by atoms with Gasteiger partial charge in [0.25, 0.3) is 0 Å². The van der Waals surface area contributed by atoms with Crippen LogP contribution in [0.25, 0.3) is 11.5 Å². The number of carbonyl (C=O) groups is 1. The van der Waals surface area contributed by atoms with Crippen molar-refractivity contribution >= 4 is 15.8 Å². The molecule has 0 saturated carbocycles. The molecule has 2 aromatic heterocycles. The average molecular weight is 284 g/mol. The second-order valence-electron chi connectivity index (χ2n) is 4.07. The zero-order chi connectivity index (χ0) is 14.0. The number of hydrogen-bond acceptors (Lipinski definition) is 5. The van der Waals surface area contributed by atoms with Crippen LogP contribution in [0, 0.1) is 0 Å². The summed E-state index contributed by atoms with van der Waals surface area (Å²) in [6.45, 7) is 0.0970. The fourth-order valence-corrected chi connectivity index (χ4v) is 2.07. The highest BCUT2D eigenvalue weighted by atomic mass is 32.2. The molecule has 0 fully saturated rings. The summed E-state index contributed by atoms with van der Waals surface area (Å²) in [4.78, 5) is 11.1. The van der Waals surface area contributed by atoms with E-state index in [-0.39, 0.29) is 23.6 Å². The molecule has 1 N–H and O–H groups in total. The predicted molar refractivity (Wildman–Crippen MR) is 66.6 cm³/mol. The van der Waals surface area contributed by atoms with Crippen LogP contribution in [0.15, 0.2) is 29.0 Å². The highest BCUT2D eigenvalue weighted by Gasteiger charge is 2.19. The van der Waals surface area contributed by atoms with Crippen LogP contribution in [0.2, 0.25) is 0 Å². The molecule has 0 aliphatic rings. The van der Waals surface area contributed by atoms with Gasteiger partial charge in [-0.2, -0.15) is 5.10 Å². The number of aromatic carboxylic acids is 1. The molecule has 2 aromatic rings.